The summed E-state index contributed by atoms with van der Waals surface area (Å²) < 4.78 is 0. The van der Waals surface area contributed by atoms with E-state index in [9.17, 15) is 0 Å². The molecule has 1 aliphatic rings. The number of rotatable bonds is 4. The van der Waals surface area contributed by atoms with Gasteiger partial charge in [-0.25, -0.2) is 0 Å². The molecule has 2 aromatic rings. The Balaban J connectivity index is 1.51. The van der Waals surface area contributed by atoms with Crippen molar-refractivity contribution in [1.29, 1.82) is 0 Å². The second-order valence-electron chi connectivity index (χ2n) is 6.13. The van der Waals surface area contributed by atoms with Gasteiger partial charge in [-0.3, -0.25) is 9.91 Å². The van der Waals surface area contributed by atoms with Crippen molar-refractivity contribution in [2.24, 2.45) is 5.10 Å². The standard InChI is InChI=1S/C19H21Cl2N3/c1-15-2-4-16(5-3-15)14-23-8-10-24(11-9-23)22-13-17-6-7-18(20)12-19(17)21/h2-7,12-13H,8-11,14H2,1H3/b22-13+. The smallest absolute Gasteiger partial charge is 0.0557 e. The van der Waals surface area contributed by atoms with Crippen molar-refractivity contribution < 1.29 is 0 Å². The lowest BCUT2D eigenvalue weighted by Crippen LogP contribution is -2.43. The lowest BCUT2D eigenvalue weighted by Gasteiger charge is -2.33. The summed E-state index contributed by atoms with van der Waals surface area (Å²) in [6.07, 6.45) is 1.81. The number of piperazine rings is 1. The second-order valence-corrected chi connectivity index (χ2v) is 6.97. The van der Waals surface area contributed by atoms with Crippen LogP contribution in [0.1, 0.15) is 16.7 Å². The first-order valence-electron chi connectivity index (χ1n) is 8.12. The van der Waals surface area contributed by atoms with Gasteiger partial charge in [0.05, 0.1) is 11.2 Å². The van der Waals surface area contributed by atoms with Gasteiger partial charge in [0.2, 0.25) is 0 Å². The minimum atomic E-state index is 0.629. The molecule has 0 radical (unpaired) electrons. The molecule has 0 bridgehead atoms. The van der Waals surface area contributed by atoms with Crippen LogP contribution in [0.3, 0.4) is 0 Å². The molecule has 0 saturated carbocycles. The zero-order valence-corrected chi connectivity index (χ0v) is 15.3. The molecule has 126 valence electrons. The van der Waals surface area contributed by atoms with E-state index in [0.29, 0.717) is 10.0 Å². The summed E-state index contributed by atoms with van der Waals surface area (Å²) in [5.74, 6) is 0. The van der Waals surface area contributed by atoms with Crippen LogP contribution in [0.4, 0.5) is 0 Å². The summed E-state index contributed by atoms with van der Waals surface area (Å²) in [5, 5.41) is 7.91. The molecule has 0 spiro atoms. The van der Waals surface area contributed by atoms with E-state index in [1.807, 2.05) is 18.3 Å². The molecule has 3 nitrogen and oxygen atoms in total. The Kier molecular flexibility index (Phi) is 5.77. The van der Waals surface area contributed by atoms with Gasteiger partial charge in [0.15, 0.2) is 0 Å². The largest absolute Gasteiger partial charge is 0.295 e. The fraction of sp³-hybridized carbons (Fsp3) is 0.316. The van der Waals surface area contributed by atoms with E-state index >= 15 is 0 Å². The fourth-order valence-electron chi connectivity index (χ4n) is 2.71. The van der Waals surface area contributed by atoms with Crippen LogP contribution in [0.15, 0.2) is 47.6 Å². The number of benzene rings is 2. The van der Waals surface area contributed by atoms with Crippen LogP contribution >= 0.6 is 23.2 Å². The molecule has 5 heteroatoms. The molecule has 1 saturated heterocycles. The first-order chi connectivity index (χ1) is 11.6. The topological polar surface area (TPSA) is 18.8 Å². The average Bonchev–Trinajstić information content (AvgIpc) is 2.57. The Hall–Kier alpha value is -1.55. The van der Waals surface area contributed by atoms with Crippen molar-refractivity contribution in [1.82, 2.24) is 9.91 Å². The van der Waals surface area contributed by atoms with Gasteiger partial charge in [0, 0.05) is 43.3 Å². The zero-order chi connectivity index (χ0) is 16.9. The number of hydrazone groups is 1. The van der Waals surface area contributed by atoms with E-state index in [2.05, 4.69) is 46.2 Å². The predicted octanol–water partition coefficient (Wildman–Crippen LogP) is 4.45. The highest BCUT2D eigenvalue weighted by molar-refractivity contribution is 6.36. The lowest BCUT2D eigenvalue weighted by atomic mass is 10.1. The number of halogens is 2. The summed E-state index contributed by atoms with van der Waals surface area (Å²) in [4.78, 5) is 2.46. The Morgan fingerprint density at radius 1 is 1.00 bits per heavy atom. The average molecular weight is 362 g/mol. The monoisotopic (exact) mass is 361 g/mol. The molecule has 1 fully saturated rings. The Morgan fingerprint density at radius 2 is 1.71 bits per heavy atom. The van der Waals surface area contributed by atoms with E-state index in [0.717, 1.165) is 38.3 Å². The highest BCUT2D eigenvalue weighted by atomic mass is 35.5. The summed E-state index contributed by atoms with van der Waals surface area (Å²) >= 11 is 12.1. The van der Waals surface area contributed by atoms with E-state index in [1.54, 1.807) is 6.07 Å². The van der Waals surface area contributed by atoms with Gasteiger partial charge in [0.25, 0.3) is 0 Å². The molecule has 0 aromatic heterocycles. The van der Waals surface area contributed by atoms with Crippen LogP contribution in [0, 0.1) is 6.92 Å². The van der Waals surface area contributed by atoms with Crippen LogP contribution in [0.25, 0.3) is 0 Å². The molecule has 0 amide bonds. The summed E-state index contributed by atoms with van der Waals surface area (Å²) in [7, 11) is 0. The van der Waals surface area contributed by atoms with Gasteiger partial charge in [-0.05, 0) is 24.6 Å². The molecule has 0 unspecified atom stereocenters. The SMILES string of the molecule is Cc1ccc(CN2CCN(/N=C/c3ccc(Cl)cc3Cl)CC2)cc1. The maximum Gasteiger partial charge on any atom is 0.0557 e. The Morgan fingerprint density at radius 3 is 2.38 bits per heavy atom. The molecular formula is C19H21Cl2N3. The third kappa shape index (κ3) is 4.73. The van der Waals surface area contributed by atoms with Crippen molar-refractivity contribution in [2.75, 3.05) is 26.2 Å². The maximum absolute atomic E-state index is 6.17. The molecule has 3 rings (SSSR count). The van der Waals surface area contributed by atoms with E-state index in [1.165, 1.54) is 11.1 Å². The van der Waals surface area contributed by atoms with Crippen LogP contribution in [-0.4, -0.2) is 42.3 Å². The molecule has 0 aliphatic carbocycles. The third-order valence-corrected chi connectivity index (χ3v) is 4.76. The third-order valence-electron chi connectivity index (χ3n) is 4.20. The molecular weight excluding hydrogens is 341 g/mol. The van der Waals surface area contributed by atoms with Crippen LogP contribution in [0.5, 0.6) is 0 Å². The first-order valence-corrected chi connectivity index (χ1v) is 8.87. The van der Waals surface area contributed by atoms with Gasteiger partial charge in [-0.1, -0.05) is 59.1 Å². The highest BCUT2D eigenvalue weighted by Gasteiger charge is 2.15. The summed E-state index contributed by atoms with van der Waals surface area (Å²) in [6, 6.07) is 14.2. The van der Waals surface area contributed by atoms with Crippen molar-refractivity contribution in [3.63, 3.8) is 0 Å². The van der Waals surface area contributed by atoms with Gasteiger partial charge in [-0.2, -0.15) is 5.10 Å². The minimum absolute atomic E-state index is 0.629. The van der Waals surface area contributed by atoms with Gasteiger partial charge in [-0.15, -0.1) is 0 Å². The number of nitrogens with zero attached hydrogens (tertiary/aromatic N) is 3. The maximum atomic E-state index is 6.17. The molecule has 2 aromatic carbocycles. The summed E-state index contributed by atoms with van der Waals surface area (Å²) in [6.45, 7) is 6.99. The quantitative estimate of drug-likeness (QED) is 0.749. The second kappa shape index (κ2) is 8.02. The van der Waals surface area contributed by atoms with E-state index in [4.69, 9.17) is 23.2 Å². The Bertz CT molecular complexity index is 705. The number of aryl methyl sites for hydroxylation is 1. The fourth-order valence-corrected chi connectivity index (χ4v) is 3.17. The lowest BCUT2D eigenvalue weighted by molar-refractivity contribution is 0.131. The van der Waals surface area contributed by atoms with Gasteiger partial charge < -0.3 is 0 Å². The molecule has 0 N–H and O–H groups in total. The number of hydrogen-bond acceptors (Lipinski definition) is 3. The zero-order valence-electron chi connectivity index (χ0n) is 13.8. The molecule has 1 aliphatic heterocycles. The number of hydrogen-bond donors (Lipinski definition) is 0. The Labute approximate surface area is 153 Å². The molecule has 24 heavy (non-hydrogen) atoms. The molecule has 1 heterocycles. The van der Waals surface area contributed by atoms with Crippen LogP contribution < -0.4 is 0 Å². The van der Waals surface area contributed by atoms with E-state index < -0.39 is 0 Å². The first kappa shape index (κ1) is 17.3. The van der Waals surface area contributed by atoms with E-state index in [-0.39, 0.29) is 0 Å². The molecule has 0 atom stereocenters. The predicted molar refractivity (Wildman–Crippen MR) is 102 cm³/mol. The normalized spacial score (nSPS) is 16.0. The minimum Gasteiger partial charge on any atom is -0.295 e. The highest BCUT2D eigenvalue weighted by Crippen LogP contribution is 2.19. The van der Waals surface area contributed by atoms with Crippen molar-refractivity contribution in [3.05, 3.63) is 69.2 Å². The summed E-state index contributed by atoms with van der Waals surface area (Å²) in [5.41, 5.74) is 3.56. The van der Waals surface area contributed by atoms with Crippen molar-refractivity contribution >= 4 is 29.4 Å². The van der Waals surface area contributed by atoms with Gasteiger partial charge in [0.1, 0.15) is 0 Å². The van der Waals surface area contributed by atoms with Crippen molar-refractivity contribution in [3.8, 4) is 0 Å². The van der Waals surface area contributed by atoms with Crippen LogP contribution in [-0.2, 0) is 6.54 Å². The van der Waals surface area contributed by atoms with Crippen molar-refractivity contribution in [2.45, 2.75) is 13.5 Å². The van der Waals surface area contributed by atoms with Crippen LogP contribution in [0.2, 0.25) is 10.0 Å². The van der Waals surface area contributed by atoms with Gasteiger partial charge >= 0.3 is 0 Å².